The third kappa shape index (κ3) is 4.58. The molecule has 136 valence electrons. The maximum Gasteiger partial charge on any atom is 0.236 e. The Bertz CT molecular complexity index is 605. The van der Waals surface area contributed by atoms with Gasteiger partial charge in [-0.2, -0.15) is 0 Å². The lowest BCUT2D eigenvalue weighted by molar-refractivity contribution is -0.151. The Labute approximate surface area is 149 Å². The van der Waals surface area contributed by atoms with Crippen LogP contribution in [0, 0.1) is 5.92 Å². The Balaban J connectivity index is 1.68. The fourth-order valence-electron chi connectivity index (χ4n) is 3.33. The summed E-state index contributed by atoms with van der Waals surface area (Å²) in [5.41, 5.74) is 1.10. The lowest BCUT2D eigenvalue weighted by Gasteiger charge is -2.41. The van der Waals surface area contributed by atoms with Crippen molar-refractivity contribution in [1.29, 1.82) is 0 Å². The third-order valence-electron chi connectivity index (χ3n) is 4.87. The van der Waals surface area contributed by atoms with E-state index in [-0.39, 0.29) is 24.0 Å². The van der Waals surface area contributed by atoms with Gasteiger partial charge in [0.05, 0.1) is 25.7 Å². The Morgan fingerprint density at radius 3 is 2.72 bits per heavy atom. The number of hydrogen-bond donors (Lipinski definition) is 1. The predicted molar refractivity (Wildman–Crippen MR) is 94.9 cm³/mol. The Morgan fingerprint density at radius 2 is 2.04 bits per heavy atom. The van der Waals surface area contributed by atoms with Crippen molar-refractivity contribution < 1.29 is 14.3 Å². The average molecular weight is 345 g/mol. The highest BCUT2D eigenvalue weighted by atomic mass is 16.5. The Morgan fingerprint density at radius 1 is 1.28 bits per heavy atom. The number of morpholine rings is 1. The van der Waals surface area contributed by atoms with E-state index in [9.17, 15) is 9.59 Å². The van der Waals surface area contributed by atoms with Crippen LogP contribution in [0.5, 0.6) is 0 Å². The van der Waals surface area contributed by atoms with Gasteiger partial charge in [-0.3, -0.25) is 14.5 Å². The van der Waals surface area contributed by atoms with Crippen molar-refractivity contribution in [3.8, 4) is 0 Å². The topological polar surface area (TPSA) is 61.9 Å². The smallest absolute Gasteiger partial charge is 0.236 e. The Hall–Kier alpha value is -1.92. The van der Waals surface area contributed by atoms with E-state index >= 15 is 0 Å². The van der Waals surface area contributed by atoms with E-state index < -0.39 is 0 Å². The summed E-state index contributed by atoms with van der Waals surface area (Å²) in [6.07, 6.45) is -0.0801. The highest BCUT2D eigenvalue weighted by Crippen LogP contribution is 2.28. The van der Waals surface area contributed by atoms with Crippen molar-refractivity contribution >= 4 is 11.8 Å². The van der Waals surface area contributed by atoms with Crippen molar-refractivity contribution in [2.24, 2.45) is 5.92 Å². The molecule has 2 fully saturated rings. The van der Waals surface area contributed by atoms with Crippen molar-refractivity contribution in [3.05, 3.63) is 35.9 Å². The minimum absolute atomic E-state index is 0.0109. The number of amides is 2. The van der Waals surface area contributed by atoms with Crippen LogP contribution in [0.2, 0.25) is 0 Å². The number of carbonyl (C=O) groups is 2. The summed E-state index contributed by atoms with van der Waals surface area (Å²) in [5, 5.41) is 2.79. The maximum atomic E-state index is 12.8. The van der Waals surface area contributed by atoms with Crippen LogP contribution in [0.3, 0.4) is 0 Å². The van der Waals surface area contributed by atoms with E-state index in [2.05, 4.69) is 19.2 Å². The number of carbonyl (C=O) groups excluding carboxylic acids is 2. The van der Waals surface area contributed by atoms with Crippen LogP contribution in [0.1, 0.15) is 25.5 Å². The highest BCUT2D eigenvalue weighted by molar-refractivity contribution is 5.82. The maximum absolute atomic E-state index is 12.8. The van der Waals surface area contributed by atoms with Crippen molar-refractivity contribution in [3.63, 3.8) is 0 Å². The molecule has 0 aliphatic carbocycles. The number of piperazine rings is 1. The molecule has 1 N–H and O–H groups in total. The van der Waals surface area contributed by atoms with Gasteiger partial charge in [-0.25, -0.2) is 0 Å². The number of benzene rings is 1. The van der Waals surface area contributed by atoms with Gasteiger partial charge >= 0.3 is 0 Å². The van der Waals surface area contributed by atoms with Gasteiger partial charge in [0.2, 0.25) is 11.8 Å². The molecule has 2 aliphatic rings. The molecular formula is C19H27N3O3. The quantitative estimate of drug-likeness (QED) is 0.886. The Kier molecular flexibility index (Phi) is 5.71. The molecular weight excluding hydrogens is 318 g/mol. The first-order valence-corrected chi connectivity index (χ1v) is 9.00. The molecule has 0 saturated carbocycles. The number of nitrogens with one attached hydrogen (secondary N) is 1. The molecule has 25 heavy (non-hydrogen) atoms. The van der Waals surface area contributed by atoms with E-state index in [0.29, 0.717) is 38.6 Å². The van der Waals surface area contributed by atoms with Gasteiger partial charge < -0.3 is 15.0 Å². The highest BCUT2D eigenvalue weighted by Gasteiger charge is 2.33. The van der Waals surface area contributed by atoms with E-state index in [1.165, 1.54) is 0 Å². The molecule has 0 aromatic heterocycles. The molecule has 0 bridgehead atoms. The van der Waals surface area contributed by atoms with Crippen LogP contribution < -0.4 is 5.32 Å². The van der Waals surface area contributed by atoms with Gasteiger partial charge in [-0.15, -0.1) is 0 Å². The van der Waals surface area contributed by atoms with E-state index in [1.54, 1.807) is 0 Å². The van der Waals surface area contributed by atoms with Crippen molar-refractivity contribution in [1.82, 2.24) is 15.1 Å². The molecule has 0 unspecified atom stereocenters. The van der Waals surface area contributed by atoms with Crippen LogP contribution >= 0.6 is 0 Å². The molecule has 2 amide bonds. The molecule has 6 nitrogen and oxygen atoms in total. The SMILES string of the molecule is CC(C)[C@H]1CN(C(=O)CN2CCNC(=O)C2)C[C@@H](c2ccccc2)O1. The number of ether oxygens (including phenoxy) is 1. The zero-order chi connectivity index (χ0) is 17.8. The van der Waals surface area contributed by atoms with Gasteiger partial charge in [0, 0.05) is 19.6 Å². The van der Waals surface area contributed by atoms with Crippen LogP contribution in [0.4, 0.5) is 0 Å². The molecule has 1 aromatic rings. The van der Waals surface area contributed by atoms with Gasteiger partial charge in [0.1, 0.15) is 6.10 Å². The second-order valence-corrected chi connectivity index (χ2v) is 7.18. The average Bonchev–Trinajstić information content (AvgIpc) is 2.62. The number of rotatable bonds is 4. The van der Waals surface area contributed by atoms with E-state index in [4.69, 9.17) is 4.74 Å². The van der Waals surface area contributed by atoms with Crippen LogP contribution in [-0.4, -0.2) is 67.0 Å². The number of hydrogen-bond acceptors (Lipinski definition) is 4. The van der Waals surface area contributed by atoms with E-state index in [1.807, 2.05) is 40.1 Å². The lowest BCUT2D eigenvalue weighted by Crippen LogP contribution is -2.54. The zero-order valence-corrected chi connectivity index (χ0v) is 15.0. The van der Waals surface area contributed by atoms with Gasteiger partial charge in [0.15, 0.2) is 0 Å². The summed E-state index contributed by atoms with van der Waals surface area (Å²) < 4.78 is 6.25. The summed E-state index contributed by atoms with van der Waals surface area (Å²) >= 11 is 0. The summed E-state index contributed by atoms with van der Waals surface area (Å²) in [6.45, 7) is 7.33. The standard InChI is InChI=1S/C19H27N3O3/c1-14(2)16-10-22(11-17(25-16)15-6-4-3-5-7-15)19(24)13-21-9-8-20-18(23)12-21/h3-7,14,16-17H,8-13H2,1-2H3,(H,20,23)/t16-,17+/m1/s1. The minimum atomic E-state index is -0.101. The molecule has 2 atom stereocenters. The third-order valence-corrected chi connectivity index (χ3v) is 4.87. The molecule has 3 rings (SSSR count). The van der Waals surface area contributed by atoms with E-state index in [0.717, 1.165) is 12.1 Å². The molecule has 2 saturated heterocycles. The zero-order valence-electron chi connectivity index (χ0n) is 15.0. The predicted octanol–water partition coefficient (Wildman–Crippen LogP) is 1.04. The summed E-state index contributed by atoms with van der Waals surface area (Å²) in [6, 6.07) is 10.1. The fourth-order valence-corrected chi connectivity index (χ4v) is 3.33. The summed E-state index contributed by atoms with van der Waals surface area (Å²) in [5.74, 6) is 0.399. The van der Waals surface area contributed by atoms with Crippen LogP contribution in [0.25, 0.3) is 0 Å². The van der Waals surface area contributed by atoms with Crippen molar-refractivity contribution in [2.45, 2.75) is 26.1 Å². The first kappa shape index (κ1) is 17.9. The summed E-state index contributed by atoms with van der Waals surface area (Å²) in [7, 11) is 0. The molecule has 0 radical (unpaired) electrons. The van der Waals surface area contributed by atoms with Crippen molar-refractivity contribution in [2.75, 3.05) is 39.3 Å². The van der Waals surface area contributed by atoms with Gasteiger partial charge in [0.25, 0.3) is 0 Å². The largest absolute Gasteiger partial charge is 0.366 e. The minimum Gasteiger partial charge on any atom is -0.366 e. The normalized spacial score (nSPS) is 25.1. The fraction of sp³-hybridized carbons (Fsp3) is 0.579. The van der Waals surface area contributed by atoms with Crippen LogP contribution in [-0.2, 0) is 14.3 Å². The summed E-state index contributed by atoms with van der Waals surface area (Å²) in [4.78, 5) is 28.1. The number of nitrogens with zero attached hydrogens (tertiary/aromatic N) is 2. The molecule has 1 aromatic carbocycles. The monoisotopic (exact) mass is 345 g/mol. The van der Waals surface area contributed by atoms with Crippen LogP contribution in [0.15, 0.2) is 30.3 Å². The van der Waals surface area contributed by atoms with Gasteiger partial charge in [-0.1, -0.05) is 44.2 Å². The second-order valence-electron chi connectivity index (χ2n) is 7.18. The molecule has 2 aliphatic heterocycles. The first-order valence-electron chi connectivity index (χ1n) is 9.00. The lowest BCUT2D eigenvalue weighted by atomic mass is 10.0. The molecule has 0 spiro atoms. The van der Waals surface area contributed by atoms with Gasteiger partial charge in [-0.05, 0) is 11.5 Å². The molecule has 6 heteroatoms. The second kappa shape index (κ2) is 7.97. The first-order chi connectivity index (χ1) is 12.0. The molecule has 2 heterocycles.